The molecule has 1 heterocycles. The lowest BCUT2D eigenvalue weighted by atomic mass is 10.2. The Bertz CT molecular complexity index is 271. The van der Waals surface area contributed by atoms with Gasteiger partial charge >= 0.3 is 0 Å². The van der Waals surface area contributed by atoms with Crippen LogP contribution in [0.2, 0.25) is 0 Å². The molecule has 3 heteroatoms. The first-order valence-corrected chi connectivity index (χ1v) is 4.11. The van der Waals surface area contributed by atoms with Gasteiger partial charge in [-0.15, -0.1) is 0 Å². The van der Waals surface area contributed by atoms with E-state index in [9.17, 15) is 4.39 Å². The summed E-state index contributed by atoms with van der Waals surface area (Å²) in [6.45, 7) is 1.02. The van der Waals surface area contributed by atoms with E-state index in [4.69, 9.17) is 0 Å². The van der Waals surface area contributed by atoms with Crippen molar-refractivity contribution in [1.29, 1.82) is 0 Å². The highest BCUT2D eigenvalue weighted by Crippen LogP contribution is 2.15. The summed E-state index contributed by atoms with van der Waals surface area (Å²) in [6, 6.07) is 6.72. The average Bonchev–Trinajstić information content (AvgIpc) is 2.00. The maximum Gasteiger partial charge on any atom is 0.146 e. The van der Waals surface area contributed by atoms with Crippen molar-refractivity contribution in [3.05, 3.63) is 30.1 Å². The lowest BCUT2D eigenvalue weighted by Gasteiger charge is -2.29. The van der Waals surface area contributed by atoms with Crippen LogP contribution in [0.3, 0.4) is 0 Å². The molecule has 1 fully saturated rings. The average molecular weight is 166 g/mol. The van der Waals surface area contributed by atoms with Crippen LogP contribution in [0.25, 0.3) is 0 Å². The molecule has 1 saturated heterocycles. The van der Waals surface area contributed by atoms with Gasteiger partial charge in [0, 0.05) is 6.54 Å². The maximum absolute atomic E-state index is 13.0. The van der Waals surface area contributed by atoms with Crippen molar-refractivity contribution in [3.63, 3.8) is 0 Å². The van der Waals surface area contributed by atoms with Gasteiger partial charge < -0.3 is 5.32 Å². The highest BCUT2D eigenvalue weighted by Gasteiger charge is 2.16. The smallest absolute Gasteiger partial charge is 0.146 e. The van der Waals surface area contributed by atoms with E-state index in [0.717, 1.165) is 13.0 Å². The largest absolute Gasteiger partial charge is 0.367 e. The fraction of sp³-hybridized carbons (Fsp3) is 0.333. The van der Waals surface area contributed by atoms with E-state index in [-0.39, 0.29) is 12.0 Å². The summed E-state index contributed by atoms with van der Waals surface area (Å²) in [5.41, 5.74) is 0.578. The van der Waals surface area contributed by atoms with Gasteiger partial charge in [-0.05, 0) is 18.6 Å². The Balaban J connectivity index is 2.06. The van der Waals surface area contributed by atoms with Gasteiger partial charge in [0.05, 0.1) is 11.9 Å². The number of benzene rings is 1. The molecule has 2 nitrogen and oxygen atoms in total. The Morgan fingerprint density at radius 1 is 1.42 bits per heavy atom. The van der Waals surface area contributed by atoms with Crippen molar-refractivity contribution >= 4 is 5.69 Å². The quantitative estimate of drug-likeness (QED) is 0.696. The molecule has 0 spiro atoms. The van der Waals surface area contributed by atoms with Gasteiger partial charge in [0.1, 0.15) is 5.82 Å². The van der Waals surface area contributed by atoms with Crippen LogP contribution in [0.4, 0.5) is 10.1 Å². The van der Waals surface area contributed by atoms with Crippen molar-refractivity contribution in [2.45, 2.75) is 12.6 Å². The van der Waals surface area contributed by atoms with Crippen LogP contribution in [0.1, 0.15) is 6.42 Å². The normalized spacial score (nSPS) is 21.6. The van der Waals surface area contributed by atoms with E-state index < -0.39 is 0 Å². The minimum atomic E-state index is -0.189. The summed E-state index contributed by atoms with van der Waals surface area (Å²) in [5, 5.41) is 6.20. The molecule has 1 unspecified atom stereocenters. The monoisotopic (exact) mass is 166 g/mol. The molecule has 2 rings (SSSR count). The van der Waals surface area contributed by atoms with Crippen LogP contribution >= 0.6 is 0 Å². The van der Waals surface area contributed by atoms with E-state index in [1.54, 1.807) is 12.1 Å². The van der Waals surface area contributed by atoms with Crippen LogP contribution in [-0.2, 0) is 0 Å². The Hall–Kier alpha value is -1.09. The Kier molecular flexibility index (Phi) is 1.96. The molecule has 0 aliphatic carbocycles. The van der Waals surface area contributed by atoms with Gasteiger partial charge in [-0.2, -0.15) is 0 Å². The van der Waals surface area contributed by atoms with Gasteiger partial charge in [0.2, 0.25) is 0 Å². The van der Waals surface area contributed by atoms with Crippen LogP contribution in [0, 0.1) is 5.82 Å². The number of rotatable bonds is 2. The predicted octanol–water partition coefficient (Wildman–Crippen LogP) is 1.56. The number of halogens is 1. The van der Waals surface area contributed by atoms with Gasteiger partial charge in [-0.25, -0.2) is 4.39 Å². The third-order valence-electron chi connectivity index (χ3n) is 2.03. The number of para-hydroxylation sites is 1. The molecule has 0 saturated carbocycles. The molecular formula is C9H11FN2. The summed E-state index contributed by atoms with van der Waals surface area (Å²) in [6.07, 6.45) is 1.32. The molecule has 0 aromatic heterocycles. The zero-order chi connectivity index (χ0) is 8.39. The molecule has 1 aliphatic rings. The zero-order valence-corrected chi connectivity index (χ0v) is 6.68. The Morgan fingerprint density at radius 2 is 2.17 bits per heavy atom. The summed E-state index contributed by atoms with van der Waals surface area (Å²) < 4.78 is 13.0. The maximum atomic E-state index is 13.0. The molecular weight excluding hydrogens is 155 g/mol. The fourth-order valence-corrected chi connectivity index (χ4v) is 1.18. The first-order chi connectivity index (χ1) is 5.86. The second-order valence-electron chi connectivity index (χ2n) is 2.92. The second-order valence-corrected chi connectivity index (χ2v) is 2.92. The molecule has 12 heavy (non-hydrogen) atoms. The SMILES string of the molecule is Fc1ccccc1NC1CCN1. The number of anilines is 1. The highest BCUT2D eigenvalue weighted by atomic mass is 19.1. The minimum absolute atomic E-state index is 0.189. The second kappa shape index (κ2) is 3.11. The standard InChI is InChI=1S/C9H11FN2/c10-7-3-1-2-4-8(7)12-9-5-6-11-9/h1-4,9,11-12H,5-6H2. The number of hydrogen-bond acceptors (Lipinski definition) is 2. The third kappa shape index (κ3) is 1.41. The van der Waals surface area contributed by atoms with Gasteiger partial charge in [0.15, 0.2) is 0 Å². The lowest BCUT2D eigenvalue weighted by molar-refractivity contribution is 0.408. The van der Waals surface area contributed by atoms with Gasteiger partial charge in [-0.1, -0.05) is 12.1 Å². The van der Waals surface area contributed by atoms with Crippen LogP contribution < -0.4 is 10.6 Å². The molecule has 1 aromatic rings. The summed E-state index contributed by atoms with van der Waals surface area (Å²) in [4.78, 5) is 0. The van der Waals surface area contributed by atoms with Crippen molar-refractivity contribution in [2.24, 2.45) is 0 Å². The van der Waals surface area contributed by atoms with Crippen LogP contribution in [-0.4, -0.2) is 12.7 Å². The molecule has 64 valence electrons. The van der Waals surface area contributed by atoms with Gasteiger partial charge in [-0.3, -0.25) is 5.32 Å². The predicted molar refractivity (Wildman–Crippen MR) is 46.4 cm³/mol. The molecule has 0 amide bonds. The van der Waals surface area contributed by atoms with Crippen molar-refractivity contribution in [1.82, 2.24) is 5.32 Å². The van der Waals surface area contributed by atoms with Crippen molar-refractivity contribution in [3.8, 4) is 0 Å². The van der Waals surface area contributed by atoms with Crippen LogP contribution in [0.5, 0.6) is 0 Å². The molecule has 1 atom stereocenters. The molecule has 1 aliphatic heterocycles. The zero-order valence-electron chi connectivity index (χ0n) is 6.68. The van der Waals surface area contributed by atoms with E-state index in [1.165, 1.54) is 6.07 Å². The first kappa shape index (κ1) is 7.55. The Labute approximate surface area is 70.8 Å². The van der Waals surface area contributed by atoms with E-state index >= 15 is 0 Å². The summed E-state index contributed by atoms with van der Waals surface area (Å²) in [7, 11) is 0. The van der Waals surface area contributed by atoms with E-state index in [1.807, 2.05) is 6.07 Å². The fourth-order valence-electron chi connectivity index (χ4n) is 1.18. The van der Waals surface area contributed by atoms with E-state index in [0.29, 0.717) is 5.69 Å². The first-order valence-electron chi connectivity index (χ1n) is 4.11. The van der Waals surface area contributed by atoms with Crippen molar-refractivity contribution < 1.29 is 4.39 Å². The lowest BCUT2D eigenvalue weighted by Crippen LogP contribution is -2.48. The molecule has 0 radical (unpaired) electrons. The number of hydrogen-bond donors (Lipinski definition) is 2. The molecule has 1 aromatic carbocycles. The topological polar surface area (TPSA) is 24.1 Å². The Morgan fingerprint density at radius 3 is 2.75 bits per heavy atom. The van der Waals surface area contributed by atoms with Gasteiger partial charge in [0.25, 0.3) is 0 Å². The van der Waals surface area contributed by atoms with Crippen LogP contribution in [0.15, 0.2) is 24.3 Å². The van der Waals surface area contributed by atoms with E-state index in [2.05, 4.69) is 10.6 Å². The van der Waals surface area contributed by atoms with Crippen molar-refractivity contribution in [2.75, 3.05) is 11.9 Å². The minimum Gasteiger partial charge on any atom is -0.367 e. The highest BCUT2D eigenvalue weighted by molar-refractivity contribution is 5.45. The number of nitrogens with one attached hydrogen (secondary N) is 2. The third-order valence-corrected chi connectivity index (χ3v) is 2.03. The summed E-state index contributed by atoms with van der Waals surface area (Å²) in [5.74, 6) is -0.189. The summed E-state index contributed by atoms with van der Waals surface area (Å²) >= 11 is 0. The molecule has 2 N–H and O–H groups in total. The molecule has 0 bridgehead atoms.